The van der Waals surface area contributed by atoms with Crippen LogP contribution in [0.4, 0.5) is 10.5 Å². The lowest BCUT2D eigenvalue weighted by molar-refractivity contribution is -0.145. The van der Waals surface area contributed by atoms with Crippen LogP contribution in [-0.2, 0) is 9.53 Å². The lowest BCUT2D eigenvalue weighted by atomic mass is 10.2. The molecule has 0 fully saturated rings. The van der Waals surface area contributed by atoms with Gasteiger partial charge in [0.25, 0.3) is 0 Å². The average Bonchev–Trinajstić information content (AvgIpc) is 2.63. The van der Waals surface area contributed by atoms with Crippen molar-refractivity contribution in [3.05, 3.63) is 59.7 Å². The molecule has 0 heterocycles. The summed E-state index contributed by atoms with van der Waals surface area (Å²) in [4.78, 5) is 23.0. The molecule has 7 heteroatoms. The van der Waals surface area contributed by atoms with Crippen LogP contribution in [0, 0.1) is 6.92 Å². The van der Waals surface area contributed by atoms with Gasteiger partial charge in [0.15, 0.2) is 6.61 Å². The van der Waals surface area contributed by atoms with Gasteiger partial charge in [0.05, 0.1) is 12.8 Å². The number of ether oxygens (including phenoxy) is 2. The summed E-state index contributed by atoms with van der Waals surface area (Å²) < 4.78 is 10.1. The molecule has 0 atom stereocenters. The number of carbonyl (C=O) groups excluding carboxylic acids is 2. The summed E-state index contributed by atoms with van der Waals surface area (Å²) in [7, 11) is 0. The molecule has 2 aromatic carbocycles. The first kappa shape index (κ1) is 19.0. The van der Waals surface area contributed by atoms with E-state index in [0.717, 1.165) is 16.8 Å². The standard InChI is InChI=1S/C19H21N3O4/c1-3-25-18(23)13-26-16-10-8-15(9-11-16)12-20-22-19(24)21-17-7-5-4-6-14(17)2/h4-12H,3,13H2,1-2H3,(H2,21,22,24). The van der Waals surface area contributed by atoms with E-state index in [9.17, 15) is 9.59 Å². The maximum absolute atomic E-state index is 11.8. The van der Waals surface area contributed by atoms with Crippen molar-refractivity contribution in [3.63, 3.8) is 0 Å². The Hall–Kier alpha value is -3.35. The molecule has 7 nitrogen and oxygen atoms in total. The zero-order valence-electron chi connectivity index (χ0n) is 14.7. The number of nitrogens with one attached hydrogen (secondary N) is 2. The monoisotopic (exact) mass is 355 g/mol. The van der Waals surface area contributed by atoms with Crippen LogP contribution in [0.5, 0.6) is 5.75 Å². The quantitative estimate of drug-likeness (QED) is 0.454. The van der Waals surface area contributed by atoms with E-state index in [4.69, 9.17) is 9.47 Å². The van der Waals surface area contributed by atoms with Gasteiger partial charge in [-0.1, -0.05) is 18.2 Å². The summed E-state index contributed by atoms with van der Waals surface area (Å²) in [6, 6.07) is 14.0. The van der Waals surface area contributed by atoms with Gasteiger partial charge in [-0.05, 0) is 55.3 Å². The fourth-order valence-electron chi connectivity index (χ4n) is 2.02. The molecule has 0 saturated carbocycles. The third kappa shape index (κ3) is 6.27. The van der Waals surface area contributed by atoms with Gasteiger partial charge in [-0.15, -0.1) is 0 Å². The van der Waals surface area contributed by atoms with Crippen LogP contribution < -0.4 is 15.5 Å². The Morgan fingerprint density at radius 2 is 1.85 bits per heavy atom. The van der Waals surface area contributed by atoms with Crippen LogP contribution in [0.3, 0.4) is 0 Å². The molecular formula is C19H21N3O4. The highest BCUT2D eigenvalue weighted by molar-refractivity contribution is 5.91. The number of nitrogens with zero attached hydrogens (tertiary/aromatic N) is 1. The van der Waals surface area contributed by atoms with Crippen LogP contribution in [0.25, 0.3) is 0 Å². The summed E-state index contributed by atoms with van der Waals surface area (Å²) in [5.74, 6) is 0.127. The minimum atomic E-state index is -0.426. The van der Waals surface area contributed by atoms with Crippen molar-refractivity contribution in [3.8, 4) is 5.75 Å². The van der Waals surface area contributed by atoms with Crippen LogP contribution in [0.15, 0.2) is 53.6 Å². The van der Waals surface area contributed by atoms with Crippen LogP contribution in [0.1, 0.15) is 18.1 Å². The molecule has 0 radical (unpaired) electrons. The van der Waals surface area contributed by atoms with Gasteiger partial charge in [-0.3, -0.25) is 0 Å². The van der Waals surface area contributed by atoms with Gasteiger partial charge in [-0.2, -0.15) is 5.10 Å². The number of benzene rings is 2. The fourth-order valence-corrected chi connectivity index (χ4v) is 2.02. The summed E-state index contributed by atoms with van der Waals surface area (Å²) >= 11 is 0. The smallest absolute Gasteiger partial charge is 0.344 e. The number of aryl methyl sites for hydroxylation is 1. The Morgan fingerprint density at radius 1 is 1.12 bits per heavy atom. The Kier molecular flexibility index (Phi) is 7.17. The Balaban J connectivity index is 1.80. The lowest BCUT2D eigenvalue weighted by Gasteiger charge is -2.07. The Morgan fingerprint density at radius 3 is 2.54 bits per heavy atom. The first-order valence-corrected chi connectivity index (χ1v) is 8.12. The number of hydrazone groups is 1. The highest BCUT2D eigenvalue weighted by Crippen LogP contribution is 2.13. The van der Waals surface area contributed by atoms with Gasteiger partial charge < -0.3 is 14.8 Å². The maximum Gasteiger partial charge on any atom is 0.344 e. The molecule has 2 N–H and O–H groups in total. The number of hydrogen-bond donors (Lipinski definition) is 2. The van der Waals surface area contributed by atoms with Gasteiger partial charge in [0.2, 0.25) is 0 Å². The molecule has 0 bridgehead atoms. The van der Waals surface area contributed by atoms with E-state index in [0.29, 0.717) is 12.4 Å². The topological polar surface area (TPSA) is 89.0 Å². The first-order valence-electron chi connectivity index (χ1n) is 8.12. The average molecular weight is 355 g/mol. The molecule has 2 aromatic rings. The number of anilines is 1. The zero-order valence-corrected chi connectivity index (χ0v) is 14.7. The molecule has 2 rings (SSSR count). The third-order valence-corrected chi connectivity index (χ3v) is 3.32. The summed E-state index contributed by atoms with van der Waals surface area (Å²) in [5, 5.41) is 6.61. The fraction of sp³-hybridized carbons (Fsp3) is 0.211. The van der Waals surface area contributed by atoms with E-state index in [1.54, 1.807) is 31.2 Å². The molecular weight excluding hydrogens is 334 g/mol. The number of esters is 1. The van der Waals surface area contributed by atoms with Crippen LogP contribution in [0.2, 0.25) is 0 Å². The van der Waals surface area contributed by atoms with Crippen LogP contribution >= 0.6 is 0 Å². The number of rotatable bonds is 7. The van der Waals surface area contributed by atoms with Crippen molar-refractivity contribution in [2.45, 2.75) is 13.8 Å². The predicted molar refractivity (Wildman–Crippen MR) is 99.5 cm³/mol. The minimum Gasteiger partial charge on any atom is -0.482 e. The second kappa shape index (κ2) is 9.83. The van der Waals surface area contributed by atoms with Gasteiger partial charge in [0.1, 0.15) is 5.75 Å². The summed E-state index contributed by atoms with van der Waals surface area (Å²) in [5.41, 5.74) is 4.86. The van der Waals surface area contributed by atoms with Crippen molar-refractivity contribution in [2.24, 2.45) is 5.10 Å². The Labute approximate surface area is 152 Å². The number of amides is 2. The van der Waals surface area contributed by atoms with Gasteiger partial charge in [0, 0.05) is 5.69 Å². The second-order valence-electron chi connectivity index (χ2n) is 5.30. The molecule has 26 heavy (non-hydrogen) atoms. The first-order chi connectivity index (χ1) is 12.6. The van der Waals surface area contributed by atoms with E-state index >= 15 is 0 Å². The van der Waals surface area contributed by atoms with Crippen molar-refractivity contribution >= 4 is 23.9 Å². The van der Waals surface area contributed by atoms with E-state index in [1.807, 2.05) is 31.2 Å². The molecule has 136 valence electrons. The van der Waals surface area contributed by atoms with Crippen LogP contribution in [-0.4, -0.2) is 31.4 Å². The van der Waals surface area contributed by atoms with Crippen molar-refractivity contribution in [1.82, 2.24) is 5.43 Å². The number of para-hydroxylation sites is 1. The number of carbonyl (C=O) groups is 2. The molecule has 0 aliphatic carbocycles. The molecule has 2 amide bonds. The molecule has 0 aromatic heterocycles. The normalized spacial score (nSPS) is 10.4. The van der Waals surface area contributed by atoms with Gasteiger partial charge in [-0.25, -0.2) is 15.0 Å². The highest BCUT2D eigenvalue weighted by atomic mass is 16.6. The number of urea groups is 1. The van der Waals surface area contributed by atoms with E-state index < -0.39 is 12.0 Å². The second-order valence-corrected chi connectivity index (χ2v) is 5.30. The van der Waals surface area contributed by atoms with Crippen molar-refractivity contribution in [2.75, 3.05) is 18.5 Å². The third-order valence-electron chi connectivity index (χ3n) is 3.32. The minimum absolute atomic E-state index is 0.137. The zero-order chi connectivity index (χ0) is 18.8. The van der Waals surface area contributed by atoms with E-state index in [-0.39, 0.29) is 6.61 Å². The van der Waals surface area contributed by atoms with Crippen molar-refractivity contribution < 1.29 is 19.1 Å². The molecule has 0 aliphatic rings. The molecule has 0 unspecified atom stereocenters. The molecule has 0 aliphatic heterocycles. The summed E-state index contributed by atoms with van der Waals surface area (Å²) in [6.07, 6.45) is 1.51. The van der Waals surface area contributed by atoms with E-state index in [2.05, 4.69) is 15.8 Å². The maximum atomic E-state index is 11.8. The molecule has 0 spiro atoms. The van der Waals surface area contributed by atoms with Crippen molar-refractivity contribution in [1.29, 1.82) is 0 Å². The SMILES string of the molecule is CCOC(=O)COc1ccc(C=NNC(=O)Nc2ccccc2C)cc1. The summed E-state index contributed by atoms with van der Waals surface area (Å²) in [6.45, 7) is 3.83. The predicted octanol–water partition coefficient (Wildman–Crippen LogP) is 3.09. The lowest BCUT2D eigenvalue weighted by Crippen LogP contribution is -2.24. The Bertz CT molecular complexity index is 773. The van der Waals surface area contributed by atoms with E-state index in [1.165, 1.54) is 6.21 Å². The highest BCUT2D eigenvalue weighted by Gasteiger charge is 2.03. The number of hydrogen-bond acceptors (Lipinski definition) is 5. The van der Waals surface area contributed by atoms with Gasteiger partial charge >= 0.3 is 12.0 Å². The largest absolute Gasteiger partial charge is 0.482 e. The molecule has 0 saturated heterocycles.